The lowest BCUT2D eigenvalue weighted by atomic mass is 9.99. The molecule has 1 amide bonds. The average Bonchev–Trinajstić information content (AvgIpc) is 2.69. The molecule has 27 heavy (non-hydrogen) atoms. The molecular weight excluding hydrogens is 434 g/mol. The third-order valence-electron chi connectivity index (χ3n) is 4.42. The van der Waals surface area contributed by atoms with Crippen molar-refractivity contribution in [3.8, 4) is 5.88 Å². The van der Waals surface area contributed by atoms with Gasteiger partial charge in [-0.05, 0) is 43.2 Å². The molecule has 144 valence electrons. The Labute approximate surface area is 166 Å². The number of pyridine rings is 1. The first-order chi connectivity index (χ1) is 12.9. The first-order valence-electron chi connectivity index (χ1n) is 8.47. The normalized spacial score (nSPS) is 18.1. The Morgan fingerprint density at radius 2 is 2.00 bits per heavy atom. The van der Waals surface area contributed by atoms with Crippen LogP contribution in [-0.2, 0) is 14.8 Å². The Hall–Kier alpha value is -1.97. The SMILES string of the molecule is COc1ccc(NC(=O)C2CCCN(S(=O)(=O)c3ccc(Br)cc3)C2)cn1. The number of hydrogen-bond donors (Lipinski definition) is 1. The molecule has 1 aromatic carbocycles. The Morgan fingerprint density at radius 1 is 1.26 bits per heavy atom. The van der Waals surface area contributed by atoms with Gasteiger partial charge in [-0.2, -0.15) is 4.31 Å². The molecule has 2 heterocycles. The predicted octanol–water partition coefficient (Wildman–Crippen LogP) is 2.89. The molecule has 2 aromatic rings. The number of methoxy groups -OCH3 is 1. The second-order valence-electron chi connectivity index (χ2n) is 6.23. The standard InChI is InChI=1S/C18H20BrN3O4S/c1-26-17-9-6-15(11-20-17)21-18(23)13-3-2-10-22(12-13)27(24,25)16-7-4-14(19)5-8-16/h4-9,11,13H,2-3,10,12H2,1H3,(H,21,23). The molecule has 1 aromatic heterocycles. The van der Waals surface area contributed by atoms with Crippen molar-refractivity contribution in [2.45, 2.75) is 17.7 Å². The Bertz CT molecular complexity index is 901. The second kappa shape index (κ2) is 8.37. The highest BCUT2D eigenvalue weighted by molar-refractivity contribution is 9.10. The number of aromatic nitrogens is 1. The van der Waals surface area contributed by atoms with Gasteiger partial charge in [-0.25, -0.2) is 13.4 Å². The number of hydrogen-bond acceptors (Lipinski definition) is 5. The van der Waals surface area contributed by atoms with Crippen molar-refractivity contribution in [1.82, 2.24) is 9.29 Å². The van der Waals surface area contributed by atoms with E-state index in [1.165, 1.54) is 17.6 Å². The van der Waals surface area contributed by atoms with Gasteiger partial charge in [-0.15, -0.1) is 0 Å². The summed E-state index contributed by atoms with van der Waals surface area (Å²) in [5.41, 5.74) is 0.550. The largest absolute Gasteiger partial charge is 0.481 e. The van der Waals surface area contributed by atoms with Gasteiger partial charge in [0.05, 0.1) is 29.8 Å². The molecule has 1 N–H and O–H groups in total. The fourth-order valence-corrected chi connectivity index (χ4v) is 4.74. The molecule has 0 spiro atoms. The monoisotopic (exact) mass is 453 g/mol. The van der Waals surface area contributed by atoms with Crippen LogP contribution in [0.5, 0.6) is 5.88 Å². The maximum atomic E-state index is 12.9. The first-order valence-corrected chi connectivity index (χ1v) is 10.7. The number of anilines is 1. The molecule has 1 saturated heterocycles. The van der Waals surface area contributed by atoms with Crippen LogP contribution < -0.4 is 10.1 Å². The molecule has 1 unspecified atom stereocenters. The number of piperidine rings is 1. The Balaban J connectivity index is 1.69. The molecule has 1 atom stereocenters. The summed E-state index contributed by atoms with van der Waals surface area (Å²) in [5.74, 6) is -0.166. The van der Waals surface area contributed by atoms with Crippen molar-refractivity contribution in [2.24, 2.45) is 5.92 Å². The van der Waals surface area contributed by atoms with E-state index in [0.717, 1.165) is 4.47 Å². The molecular formula is C18H20BrN3O4S. The van der Waals surface area contributed by atoms with Gasteiger partial charge < -0.3 is 10.1 Å². The summed E-state index contributed by atoms with van der Waals surface area (Å²) in [6, 6.07) is 9.86. The number of ether oxygens (including phenoxy) is 1. The van der Waals surface area contributed by atoms with E-state index in [9.17, 15) is 13.2 Å². The van der Waals surface area contributed by atoms with Gasteiger partial charge in [0.1, 0.15) is 0 Å². The quantitative estimate of drug-likeness (QED) is 0.751. The zero-order valence-corrected chi connectivity index (χ0v) is 17.2. The number of rotatable bonds is 5. The Morgan fingerprint density at radius 3 is 2.63 bits per heavy atom. The number of carbonyl (C=O) groups excluding carboxylic acids is 1. The van der Waals surface area contributed by atoms with E-state index in [0.29, 0.717) is 31.0 Å². The third kappa shape index (κ3) is 4.66. The predicted molar refractivity (Wildman–Crippen MR) is 105 cm³/mol. The van der Waals surface area contributed by atoms with Gasteiger partial charge in [0, 0.05) is 23.6 Å². The first kappa shape index (κ1) is 19.8. The van der Waals surface area contributed by atoms with Crippen molar-refractivity contribution >= 4 is 37.5 Å². The minimum atomic E-state index is -3.62. The summed E-state index contributed by atoms with van der Waals surface area (Å²) < 4.78 is 32.9. The highest BCUT2D eigenvalue weighted by Gasteiger charge is 2.33. The fraction of sp³-hybridized carbons (Fsp3) is 0.333. The molecule has 0 aliphatic carbocycles. The van der Waals surface area contributed by atoms with Gasteiger partial charge in [-0.3, -0.25) is 4.79 Å². The highest BCUT2D eigenvalue weighted by atomic mass is 79.9. The van der Waals surface area contributed by atoms with Crippen molar-refractivity contribution in [3.05, 3.63) is 47.1 Å². The number of sulfonamides is 1. The van der Waals surface area contributed by atoms with Crippen LogP contribution in [0.4, 0.5) is 5.69 Å². The summed E-state index contributed by atoms with van der Waals surface area (Å²) in [6.07, 6.45) is 2.78. The van der Waals surface area contributed by atoms with Gasteiger partial charge in [0.2, 0.25) is 21.8 Å². The summed E-state index contributed by atoms with van der Waals surface area (Å²) in [6.45, 7) is 0.570. The zero-order chi connectivity index (χ0) is 19.4. The molecule has 1 fully saturated rings. The molecule has 0 bridgehead atoms. The van der Waals surface area contributed by atoms with E-state index in [2.05, 4.69) is 26.2 Å². The maximum absolute atomic E-state index is 12.9. The van der Waals surface area contributed by atoms with Gasteiger partial charge in [0.25, 0.3) is 0 Å². The number of nitrogens with one attached hydrogen (secondary N) is 1. The van der Waals surface area contributed by atoms with Crippen molar-refractivity contribution in [1.29, 1.82) is 0 Å². The fourth-order valence-electron chi connectivity index (χ4n) is 2.95. The van der Waals surface area contributed by atoms with Crippen molar-refractivity contribution in [3.63, 3.8) is 0 Å². The van der Waals surface area contributed by atoms with Crippen molar-refractivity contribution in [2.75, 3.05) is 25.5 Å². The van der Waals surface area contributed by atoms with E-state index < -0.39 is 15.9 Å². The lowest BCUT2D eigenvalue weighted by Gasteiger charge is -2.31. The van der Waals surface area contributed by atoms with Crippen LogP contribution in [0.25, 0.3) is 0 Å². The second-order valence-corrected chi connectivity index (χ2v) is 9.09. The molecule has 1 aliphatic heterocycles. The minimum Gasteiger partial charge on any atom is -0.481 e. The van der Waals surface area contributed by atoms with Crippen LogP contribution in [0, 0.1) is 5.92 Å². The maximum Gasteiger partial charge on any atom is 0.243 e. The number of carbonyl (C=O) groups is 1. The van der Waals surface area contributed by atoms with Crippen LogP contribution in [-0.4, -0.2) is 43.8 Å². The lowest BCUT2D eigenvalue weighted by Crippen LogP contribution is -2.43. The van der Waals surface area contributed by atoms with Crippen LogP contribution in [0.2, 0.25) is 0 Å². The molecule has 7 nitrogen and oxygen atoms in total. The van der Waals surface area contributed by atoms with E-state index in [1.807, 2.05) is 0 Å². The molecule has 3 rings (SSSR count). The van der Waals surface area contributed by atoms with Crippen molar-refractivity contribution < 1.29 is 17.9 Å². The smallest absolute Gasteiger partial charge is 0.243 e. The van der Waals surface area contributed by atoms with E-state index >= 15 is 0 Å². The number of nitrogens with zero attached hydrogens (tertiary/aromatic N) is 2. The lowest BCUT2D eigenvalue weighted by molar-refractivity contribution is -0.120. The number of benzene rings is 1. The van der Waals surface area contributed by atoms with Crippen LogP contribution in [0.1, 0.15) is 12.8 Å². The highest BCUT2D eigenvalue weighted by Crippen LogP contribution is 2.25. The van der Waals surface area contributed by atoms with E-state index in [-0.39, 0.29) is 17.3 Å². The minimum absolute atomic E-state index is 0.161. The summed E-state index contributed by atoms with van der Waals surface area (Å²) in [7, 11) is -2.11. The Kier molecular flexibility index (Phi) is 6.13. The summed E-state index contributed by atoms with van der Waals surface area (Å²) >= 11 is 3.30. The van der Waals surface area contributed by atoms with E-state index in [1.54, 1.807) is 36.4 Å². The number of amides is 1. The van der Waals surface area contributed by atoms with E-state index in [4.69, 9.17) is 4.74 Å². The van der Waals surface area contributed by atoms with Crippen LogP contribution in [0.3, 0.4) is 0 Å². The number of halogens is 1. The molecule has 0 radical (unpaired) electrons. The topological polar surface area (TPSA) is 88.6 Å². The van der Waals surface area contributed by atoms with Crippen LogP contribution >= 0.6 is 15.9 Å². The average molecular weight is 454 g/mol. The van der Waals surface area contributed by atoms with Crippen LogP contribution in [0.15, 0.2) is 52.0 Å². The molecule has 0 saturated carbocycles. The van der Waals surface area contributed by atoms with Gasteiger partial charge in [0.15, 0.2) is 0 Å². The summed E-state index contributed by atoms with van der Waals surface area (Å²) in [4.78, 5) is 16.9. The molecule has 9 heteroatoms. The zero-order valence-electron chi connectivity index (χ0n) is 14.8. The summed E-state index contributed by atoms with van der Waals surface area (Å²) in [5, 5.41) is 2.80. The molecule has 1 aliphatic rings. The van der Waals surface area contributed by atoms with Gasteiger partial charge >= 0.3 is 0 Å². The van der Waals surface area contributed by atoms with Gasteiger partial charge in [-0.1, -0.05) is 15.9 Å². The third-order valence-corrected chi connectivity index (χ3v) is 6.83.